The number of rotatable bonds is 5. The minimum atomic E-state index is -1.11. The molecule has 2 amide bonds. The Hall–Kier alpha value is -3.41. The predicted molar refractivity (Wildman–Crippen MR) is 148 cm³/mol. The molecule has 2 heterocycles. The number of aryl methyl sites for hydroxylation is 3. The number of benzene rings is 2. The number of fused-ring (bicyclic) bond motifs is 1. The van der Waals surface area contributed by atoms with Crippen LogP contribution in [0, 0.1) is 13.8 Å². The van der Waals surface area contributed by atoms with E-state index < -0.39 is 5.54 Å². The molecule has 1 aromatic heterocycles. The molecule has 2 aromatic carbocycles. The van der Waals surface area contributed by atoms with Crippen LogP contribution in [-0.4, -0.2) is 33.2 Å². The van der Waals surface area contributed by atoms with E-state index >= 15 is 0 Å². The Bertz CT molecular complexity index is 1300. The van der Waals surface area contributed by atoms with Crippen molar-refractivity contribution < 1.29 is 9.59 Å². The van der Waals surface area contributed by atoms with Gasteiger partial charge >= 0.3 is 0 Å². The summed E-state index contributed by atoms with van der Waals surface area (Å²) in [4.78, 5) is 29.9. The summed E-state index contributed by atoms with van der Waals surface area (Å²) >= 11 is 0. The molecule has 2 aliphatic rings. The maximum absolute atomic E-state index is 14.2. The quantitative estimate of drug-likeness (QED) is 0.440. The van der Waals surface area contributed by atoms with Crippen molar-refractivity contribution in [3.8, 4) is 11.3 Å². The zero-order valence-electron chi connectivity index (χ0n) is 22.5. The van der Waals surface area contributed by atoms with Gasteiger partial charge in [-0.3, -0.25) is 19.2 Å². The third-order valence-electron chi connectivity index (χ3n) is 8.08. The Morgan fingerprint density at radius 3 is 2.38 bits per heavy atom. The maximum Gasteiger partial charge on any atom is 0.277 e. The summed E-state index contributed by atoms with van der Waals surface area (Å²) in [5.74, 6) is -0.302. The summed E-state index contributed by atoms with van der Waals surface area (Å²) in [6.45, 7) is 8.36. The van der Waals surface area contributed by atoms with Crippen molar-refractivity contribution in [3.63, 3.8) is 0 Å². The minimum absolute atomic E-state index is 0.109. The predicted octanol–water partition coefficient (Wildman–Crippen LogP) is 5.99. The molecule has 1 aliphatic carbocycles. The molecular weight excluding hydrogens is 460 g/mol. The fourth-order valence-electron chi connectivity index (χ4n) is 5.83. The van der Waals surface area contributed by atoms with Gasteiger partial charge in [-0.25, -0.2) is 0 Å². The van der Waals surface area contributed by atoms with E-state index in [0.717, 1.165) is 60.2 Å². The summed E-state index contributed by atoms with van der Waals surface area (Å²) in [6.07, 6.45) is 7.65. The molecular formula is C31H38N4O2. The lowest BCUT2D eigenvalue weighted by molar-refractivity contribution is -0.127. The number of hydrogen-bond acceptors (Lipinski definition) is 3. The lowest BCUT2D eigenvalue weighted by Gasteiger charge is -2.44. The van der Waals surface area contributed by atoms with Crippen LogP contribution in [0.15, 0.2) is 48.5 Å². The van der Waals surface area contributed by atoms with Crippen molar-refractivity contribution in [2.75, 3.05) is 4.90 Å². The molecule has 6 heteroatoms. The van der Waals surface area contributed by atoms with Crippen molar-refractivity contribution >= 4 is 17.5 Å². The lowest BCUT2D eigenvalue weighted by Crippen LogP contribution is -2.65. The van der Waals surface area contributed by atoms with Crippen LogP contribution in [0.5, 0.6) is 0 Å². The zero-order valence-corrected chi connectivity index (χ0v) is 22.5. The number of carbonyl (C=O) groups is 2. The summed E-state index contributed by atoms with van der Waals surface area (Å²) in [6, 6.07) is 16.4. The standard InChI is InChI=1S/C31H38N4O2/c1-5-23-13-15-24(16-14-23)26-19-28-29(36)35(27-17-12-21(2)18-22(27)3)31(4,20-34(28)33-26)30(37)32-25-10-8-6-7-9-11-25/h12-19,25H,5-11,20H2,1-4H3,(H,32,37)/t31-/m1/s1. The summed E-state index contributed by atoms with van der Waals surface area (Å²) in [5, 5.41) is 8.15. The van der Waals surface area contributed by atoms with Gasteiger partial charge < -0.3 is 5.32 Å². The van der Waals surface area contributed by atoms with Gasteiger partial charge in [-0.2, -0.15) is 5.10 Å². The van der Waals surface area contributed by atoms with E-state index in [1.807, 2.05) is 39.0 Å². The fourth-order valence-corrected chi connectivity index (χ4v) is 5.83. The maximum atomic E-state index is 14.2. The fraction of sp³-hybridized carbons (Fsp3) is 0.452. The number of anilines is 1. The van der Waals surface area contributed by atoms with E-state index in [1.165, 1.54) is 18.4 Å². The Balaban J connectivity index is 1.55. The molecule has 6 nitrogen and oxygen atoms in total. The van der Waals surface area contributed by atoms with Crippen LogP contribution in [0.4, 0.5) is 5.69 Å². The molecule has 0 saturated heterocycles. The topological polar surface area (TPSA) is 67.2 Å². The van der Waals surface area contributed by atoms with E-state index in [4.69, 9.17) is 5.10 Å². The number of amides is 2. The van der Waals surface area contributed by atoms with Crippen molar-refractivity contribution in [1.29, 1.82) is 0 Å². The Morgan fingerprint density at radius 1 is 1.03 bits per heavy atom. The highest BCUT2D eigenvalue weighted by molar-refractivity contribution is 6.12. The largest absolute Gasteiger partial charge is 0.351 e. The average Bonchev–Trinajstić information content (AvgIpc) is 3.13. The van der Waals surface area contributed by atoms with Gasteiger partial charge in [0.2, 0.25) is 5.91 Å². The van der Waals surface area contributed by atoms with E-state index in [-0.39, 0.29) is 17.9 Å². The van der Waals surface area contributed by atoms with Crippen molar-refractivity contribution in [2.45, 2.75) is 90.8 Å². The van der Waals surface area contributed by atoms with Crippen molar-refractivity contribution in [2.24, 2.45) is 0 Å². The van der Waals surface area contributed by atoms with Crippen LogP contribution in [-0.2, 0) is 17.8 Å². The van der Waals surface area contributed by atoms with Crippen LogP contribution in [0.1, 0.15) is 79.6 Å². The molecule has 1 saturated carbocycles. The molecule has 0 radical (unpaired) electrons. The van der Waals surface area contributed by atoms with Crippen LogP contribution < -0.4 is 10.2 Å². The number of hydrogen-bond donors (Lipinski definition) is 1. The smallest absolute Gasteiger partial charge is 0.277 e. The lowest BCUT2D eigenvalue weighted by atomic mass is 9.92. The van der Waals surface area contributed by atoms with Gasteiger partial charge in [0.15, 0.2) is 0 Å². The van der Waals surface area contributed by atoms with Gasteiger partial charge in [-0.05, 0) is 63.3 Å². The molecule has 1 N–H and O–H groups in total. The summed E-state index contributed by atoms with van der Waals surface area (Å²) < 4.78 is 1.73. The Kier molecular flexibility index (Phi) is 6.93. The second-order valence-corrected chi connectivity index (χ2v) is 11.0. The van der Waals surface area contributed by atoms with Gasteiger partial charge in [-0.1, -0.05) is 74.6 Å². The third-order valence-corrected chi connectivity index (χ3v) is 8.08. The highest BCUT2D eigenvalue weighted by atomic mass is 16.2. The molecule has 1 fully saturated rings. The second-order valence-electron chi connectivity index (χ2n) is 11.0. The molecule has 3 aromatic rings. The van der Waals surface area contributed by atoms with E-state index in [2.05, 4.69) is 42.6 Å². The first-order valence-electron chi connectivity index (χ1n) is 13.7. The normalized spacial score (nSPS) is 20.4. The Morgan fingerprint density at radius 2 is 1.73 bits per heavy atom. The Labute approximate surface area is 220 Å². The van der Waals surface area contributed by atoms with Gasteiger partial charge in [0.25, 0.3) is 5.91 Å². The van der Waals surface area contributed by atoms with E-state index in [9.17, 15) is 9.59 Å². The van der Waals surface area contributed by atoms with Crippen LogP contribution in [0.25, 0.3) is 11.3 Å². The molecule has 37 heavy (non-hydrogen) atoms. The first kappa shape index (κ1) is 25.2. The van der Waals surface area contributed by atoms with Crippen LogP contribution >= 0.6 is 0 Å². The molecule has 194 valence electrons. The molecule has 5 rings (SSSR count). The monoisotopic (exact) mass is 498 g/mol. The molecule has 0 unspecified atom stereocenters. The van der Waals surface area contributed by atoms with Crippen LogP contribution in [0.3, 0.4) is 0 Å². The highest BCUT2D eigenvalue weighted by Gasteiger charge is 2.49. The molecule has 0 spiro atoms. The molecule has 1 atom stereocenters. The molecule has 0 bridgehead atoms. The minimum Gasteiger partial charge on any atom is -0.351 e. The number of carbonyl (C=O) groups excluding carboxylic acids is 2. The molecule has 1 aliphatic heterocycles. The van der Waals surface area contributed by atoms with E-state index in [0.29, 0.717) is 12.2 Å². The SMILES string of the molecule is CCc1ccc(-c2cc3n(n2)C[C@](C)(C(=O)NC2CCCCCC2)N(c2ccc(C)cc2C)C3=O)cc1. The van der Waals surface area contributed by atoms with Crippen molar-refractivity contribution in [1.82, 2.24) is 15.1 Å². The van der Waals surface area contributed by atoms with E-state index in [1.54, 1.807) is 9.58 Å². The van der Waals surface area contributed by atoms with Gasteiger partial charge in [0.05, 0.1) is 12.2 Å². The summed E-state index contributed by atoms with van der Waals surface area (Å²) in [5.41, 5.74) is 5.25. The summed E-state index contributed by atoms with van der Waals surface area (Å²) in [7, 11) is 0. The first-order valence-corrected chi connectivity index (χ1v) is 13.7. The average molecular weight is 499 g/mol. The number of nitrogens with zero attached hydrogens (tertiary/aromatic N) is 3. The van der Waals surface area contributed by atoms with Gasteiger partial charge in [0, 0.05) is 17.3 Å². The second kappa shape index (κ2) is 10.2. The zero-order chi connectivity index (χ0) is 26.2. The number of nitrogens with one attached hydrogen (secondary N) is 1. The highest BCUT2D eigenvalue weighted by Crippen LogP contribution is 2.36. The van der Waals surface area contributed by atoms with Crippen molar-refractivity contribution in [3.05, 3.63) is 70.9 Å². The van der Waals surface area contributed by atoms with Crippen LogP contribution in [0.2, 0.25) is 0 Å². The third kappa shape index (κ3) is 4.81. The van der Waals surface area contributed by atoms with Gasteiger partial charge in [-0.15, -0.1) is 0 Å². The number of aromatic nitrogens is 2. The first-order chi connectivity index (χ1) is 17.8. The van der Waals surface area contributed by atoms with Gasteiger partial charge in [0.1, 0.15) is 11.2 Å².